The molecule has 0 spiro atoms. The third-order valence-corrected chi connectivity index (χ3v) is 12.2. The van der Waals surface area contributed by atoms with Crippen molar-refractivity contribution in [3.63, 3.8) is 0 Å². The molecule has 3 aliphatic carbocycles. The normalized spacial score (nSPS) is 28.2. The van der Waals surface area contributed by atoms with Crippen molar-refractivity contribution in [1.82, 2.24) is 20.6 Å². The van der Waals surface area contributed by atoms with Gasteiger partial charge < -0.3 is 40.0 Å². The molecule has 290 valence electrons. The van der Waals surface area contributed by atoms with Gasteiger partial charge in [-0.15, -0.1) is 6.58 Å². The Labute approximate surface area is 313 Å². The van der Waals surface area contributed by atoms with Gasteiger partial charge in [-0.1, -0.05) is 44.5 Å². The predicted octanol–water partition coefficient (Wildman–Crippen LogP) is 4.38. The van der Waals surface area contributed by atoms with E-state index < -0.39 is 24.2 Å². The molecule has 2 amide bonds. The van der Waals surface area contributed by atoms with Gasteiger partial charge in [0.1, 0.15) is 17.9 Å². The maximum absolute atomic E-state index is 14.2. The largest absolute Gasteiger partial charge is 0.496 e. The zero-order chi connectivity index (χ0) is 38.4. The molecule has 0 unspecified atom stereocenters. The van der Waals surface area contributed by atoms with Gasteiger partial charge in [0.15, 0.2) is 11.5 Å². The molecule has 2 bridgehead atoms. The molecule has 12 heteroatoms. The highest BCUT2D eigenvalue weighted by Gasteiger charge is 2.57. The summed E-state index contributed by atoms with van der Waals surface area (Å²) >= 11 is 0. The van der Waals surface area contributed by atoms with Crippen LogP contribution in [0.2, 0.25) is 0 Å². The number of carbonyl (C=O) groups excluding carboxylic acids is 2. The Morgan fingerprint density at radius 3 is 2.57 bits per heavy atom. The summed E-state index contributed by atoms with van der Waals surface area (Å²) < 4.78 is 17.6. The number of carbonyl (C=O) groups is 2. The molecule has 12 nitrogen and oxygen atoms in total. The van der Waals surface area contributed by atoms with E-state index in [4.69, 9.17) is 19.0 Å². The number of hydrogen-bond acceptors (Lipinski definition) is 10. The first-order valence-corrected chi connectivity index (χ1v) is 18.9. The van der Waals surface area contributed by atoms with E-state index in [9.17, 15) is 19.8 Å². The quantitative estimate of drug-likeness (QED) is 0.207. The van der Waals surface area contributed by atoms with Gasteiger partial charge in [0.25, 0.3) is 5.91 Å². The summed E-state index contributed by atoms with van der Waals surface area (Å²) in [4.78, 5) is 36.4. The Morgan fingerprint density at radius 1 is 1.19 bits per heavy atom. The van der Waals surface area contributed by atoms with Crippen molar-refractivity contribution in [2.24, 2.45) is 29.1 Å². The van der Waals surface area contributed by atoms with Crippen LogP contribution in [-0.2, 0) is 16.2 Å². The Kier molecular flexibility index (Phi) is 11.5. The minimum Gasteiger partial charge on any atom is -0.496 e. The zero-order valence-corrected chi connectivity index (χ0v) is 32.5. The third-order valence-electron chi connectivity index (χ3n) is 12.2. The Hall–Kier alpha value is -3.68. The van der Waals surface area contributed by atoms with E-state index in [0.717, 1.165) is 17.6 Å². The average molecular weight is 735 g/mol. The first-order chi connectivity index (χ1) is 25.1. The lowest BCUT2D eigenvalue weighted by atomic mass is 9.45. The SMILES string of the molecule is C=C(C)C[C@@H](CN(C)C)NC(=O)c1cc(-c2cccc(CN3O[C@@H](CO)[C@@H]([C@H](C)O)[C@H]3C(=O)N[C@H]3C[C@H]4C[C@@H]([C@@H]3C)C4(C)C)c2OC)cc2c1OCO2. The number of ether oxygens (including phenoxy) is 3. The summed E-state index contributed by atoms with van der Waals surface area (Å²) in [6.45, 7) is 14.9. The lowest BCUT2D eigenvalue weighted by Crippen LogP contribution is -2.62. The van der Waals surface area contributed by atoms with E-state index in [-0.39, 0.29) is 49.3 Å². The molecule has 0 radical (unpaired) electrons. The Bertz CT molecular complexity index is 1690. The van der Waals surface area contributed by atoms with Crippen LogP contribution in [0.15, 0.2) is 42.5 Å². The van der Waals surface area contributed by atoms with Crippen LogP contribution in [0.4, 0.5) is 0 Å². The van der Waals surface area contributed by atoms with Crippen molar-refractivity contribution < 1.29 is 38.9 Å². The van der Waals surface area contributed by atoms with Crippen LogP contribution in [0.3, 0.4) is 0 Å². The van der Waals surface area contributed by atoms with Gasteiger partial charge in [-0.2, -0.15) is 5.06 Å². The number of aliphatic hydroxyl groups excluding tert-OH is 2. The molecule has 4 N–H and O–H groups in total. The second-order valence-corrected chi connectivity index (χ2v) is 16.6. The minimum absolute atomic E-state index is 0.00589. The molecule has 2 aromatic carbocycles. The van der Waals surface area contributed by atoms with Crippen LogP contribution in [0, 0.1) is 29.1 Å². The second kappa shape index (κ2) is 15.6. The number of hydroxylamine groups is 2. The van der Waals surface area contributed by atoms with Crippen LogP contribution < -0.4 is 24.8 Å². The molecule has 4 fully saturated rings. The summed E-state index contributed by atoms with van der Waals surface area (Å²) in [7, 11) is 5.50. The monoisotopic (exact) mass is 734 g/mol. The van der Waals surface area contributed by atoms with Crippen LogP contribution in [0.25, 0.3) is 11.1 Å². The second-order valence-electron chi connectivity index (χ2n) is 16.6. The standard InChI is InChI=1S/C41H58N4O8/c1-22(2)13-28(19-44(7)8)42-39(48)30-14-26(15-33-38(30)52-21-51-33)29-12-10-11-25(37(29)50-9)18-45-36(35(24(4)47)34(20-46)53-45)40(49)43-32-17-27-16-31(23(32)3)41(27,5)6/h10-12,14-15,23-24,27-28,31-32,34-36,46-47H,1,13,16-21H2,2-9H3,(H,42,48)(H,43,49)/t23-,24-,27+,28-,31-,32-,34-,35+,36-/m0/s1. The van der Waals surface area contributed by atoms with Gasteiger partial charge >= 0.3 is 0 Å². The van der Waals surface area contributed by atoms with Crippen molar-refractivity contribution in [2.75, 3.05) is 41.1 Å². The number of fused-ring (bicyclic) bond motifs is 3. The van der Waals surface area contributed by atoms with E-state index in [1.54, 1.807) is 25.2 Å². The van der Waals surface area contributed by atoms with Crippen LogP contribution in [0.5, 0.6) is 17.2 Å². The highest BCUT2D eigenvalue weighted by molar-refractivity contribution is 6.00. The predicted molar refractivity (Wildman–Crippen MR) is 201 cm³/mol. The number of nitrogens with one attached hydrogen (secondary N) is 2. The van der Waals surface area contributed by atoms with Crippen molar-refractivity contribution in [2.45, 2.75) is 90.8 Å². The maximum Gasteiger partial charge on any atom is 0.255 e. The molecule has 9 atom stereocenters. The molecule has 1 saturated heterocycles. The fourth-order valence-electron chi connectivity index (χ4n) is 9.45. The fraction of sp³-hybridized carbons (Fsp3) is 0.610. The minimum atomic E-state index is -0.914. The molecule has 2 aromatic rings. The van der Waals surface area contributed by atoms with Gasteiger partial charge in [0, 0.05) is 35.7 Å². The zero-order valence-electron chi connectivity index (χ0n) is 32.5. The average Bonchev–Trinajstić information content (AvgIpc) is 3.72. The van der Waals surface area contributed by atoms with E-state index in [1.807, 2.05) is 50.2 Å². The molecular formula is C41H58N4O8. The van der Waals surface area contributed by atoms with Crippen LogP contribution in [-0.4, -0.2) is 103 Å². The number of para-hydroxylation sites is 1. The van der Waals surface area contributed by atoms with E-state index >= 15 is 0 Å². The molecular weight excluding hydrogens is 676 g/mol. The Balaban J connectivity index is 1.29. The lowest BCUT2D eigenvalue weighted by Gasteiger charge is -2.62. The molecule has 3 saturated carbocycles. The van der Waals surface area contributed by atoms with Gasteiger partial charge in [0.05, 0.1) is 31.9 Å². The van der Waals surface area contributed by atoms with Crippen molar-refractivity contribution >= 4 is 11.8 Å². The highest BCUT2D eigenvalue weighted by atomic mass is 16.7. The van der Waals surface area contributed by atoms with Crippen molar-refractivity contribution in [1.29, 1.82) is 0 Å². The fourth-order valence-corrected chi connectivity index (χ4v) is 9.45. The van der Waals surface area contributed by atoms with E-state index in [1.165, 1.54) is 6.42 Å². The van der Waals surface area contributed by atoms with Crippen molar-refractivity contribution in [3.8, 4) is 28.4 Å². The number of hydrogen-bond donors (Lipinski definition) is 4. The third kappa shape index (κ3) is 7.66. The first-order valence-electron chi connectivity index (χ1n) is 18.9. The van der Waals surface area contributed by atoms with Crippen LogP contribution >= 0.6 is 0 Å². The number of rotatable bonds is 14. The summed E-state index contributed by atoms with van der Waals surface area (Å²) in [6, 6.07) is 8.31. The number of aliphatic hydroxyl groups is 2. The molecule has 0 aromatic heterocycles. The van der Waals surface area contributed by atoms with Gasteiger partial charge in [-0.3, -0.25) is 14.4 Å². The molecule has 53 heavy (non-hydrogen) atoms. The number of likely N-dealkylation sites (N-methyl/N-ethyl adjacent to an activating group) is 1. The van der Waals surface area contributed by atoms with Gasteiger partial charge in [-0.05, 0) is 88.1 Å². The molecule has 2 heterocycles. The summed E-state index contributed by atoms with van der Waals surface area (Å²) in [6.07, 6.45) is 1.06. The first kappa shape index (κ1) is 39.0. The van der Waals surface area contributed by atoms with Crippen LogP contribution in [0.1, 0.15) is 69.8 Å². The van der Waals surface area contributed by atoms with Crippen molar-refractivity contribution in [3.05, 3.63) is 53.6 Å². The Morgan fingerprint density at radius 2 is 1.94 bits per heavy atom. The van der Waals surface area contributed by atoms with E-state index in [0.29, 0.717) is 64.7 Å². The summed E-state index contributed by atoms with van der Waals surface area (Å²) in [5.41, 5.74) is 3.69. The molecule has 2 aliphatic heterocycles. The lowest BCUT2D eigenvalue weighted by molar-refractivity contribution is -0.183. The smallest absolute Gasteiger partial charge is 0.255 e. The summed E-state index contributed by atoms with van der Waals surface area (Å²) in [5, 5.41) is 29.3. The maximum atomic E-state index is 14.2. The van der Waals surface area contributed by atoms with Gasteiger partial charge in [0.2, 0.25) is 12.7 Å². The number of nitrogens with zero attached hydrogens (tertiary/aromatic N) is 2. The molecule has 7 rings (SSSR count). The topological polar surface area (TPSA) is 142 Å². The number of benzene rings is 2. The highest BCUT2D eigenvalue weighted by Crippen LogP contribution is 2.61. The van der Waals surface area contributed by atoms with Gasteiger partial charge in [-0.25, -0.2) is 0 Å². The number of methoxy groups -OCH3 is 1. The summed E-state index contributed by atoms with van der Waals surface area (Å²) in [5.74, 6) is 1.63. The van der Waals surface area contributed by atoms with E-state index in [2.05, 4.69) is 38.0 Å². The number of amides is 2. The molecule has 5 aliphatic rings.